The first kappa shape index (κ1) is 24.3. The predicted octanol–water partition coefficient (Wildman–Crippen LogP) is 7.16. The Bertz CT molecular complexity index is 1360. The molecule has 180 valence electrons. The normalized spacial score (nSPS) is 11.5. The number of ether oxygens (including phenoxy) is 1. The van der Waals surface area contributed by atoms with Crippen LogP contribution in [0.2, 0.25) is 5.02 Å². The predicted molar refractivity (Wildman–Crippen MR) is 123 cm³/mol. The van der Waals surface area contributed by atoms with E-state index in [0.717, 1.165) is 12.1 Å². The van der Waals surface area contributed by atoms with Crippen molar-refractivity contribution in [3.05, 3.63) is 118 Å². The van der Waals surface area contributed by atoms with Crippen LogP contribution < -0.4 is 4.74 Å². The quantitative estimate of drug-likeness (QED) is 0.272. The van der Waals surface area contributed by atoms with Crippen molar-refractivity contribution in [2.24, 2.45) is 0 Å². The van der Waals surface area contributed by atoms with E-state index in [0.29, 0.717) is 16.9 Å². The first-order valence-corrected chi connectivity index (χ1v) is 10.8. The van der Waals surface area contributed by atoms with Crippen LogP contribution in [0.1, 0.15) is 32.7 Å². The molecule has 3 aromatic carbocycles. The molecule has 0 unspecified atom stereocenters. The lowest BCUT2D eigenvalue weighted by molar-refractivity contribution is -0.137. The van der Waals surface area contributed by atoms with Gasteiger partial charge in [-0.2, -0.15) is 13.2 Å². The van der Waals surface area contributed by atoms with Gasteiger partial charge < -0.3 is 14.4 Å². The molecule has 4 aromatic rings. The van der Waals surface area contributed by atoms with Gasteiger partial charge in [-0.05, 0) is 66.2 Å². The van der Waals surface area contributed by atoms with Crippen molar-refractivity contribution >= 4 is 17.6 Å². The number of halogens is 5. The van der Waals surface area contributed by atoms with Crippen molar-refractivity contribution in [1.29, 1.82) is 0 Å². The van der Waals surface area contributed by atoms with Crippen LogP contribution in [0.4, 0.5) is 17.6 Å². The zero-order chi connectivity index (χ0) is 25.2. The van der Waals surface area contributed by atoms with E-state index in [9.17, 15) is 27.5 Å². The van der Waals surface area contributed by atoms with Crippen LogP contribution in [0.25, 0.3) is 5.69 Å². The number of alkyl halides is 3. The zero-order valence-electron chi connectivity index (χ0n) is 18.0. The van der Waals surface area contributed by atoms with Gasteiger partial charge in [-0.1, -0.05) is 23.7 Å². The molecule has 0 saturated carbocycles. The third kappa shape index (κ3) is 5.66. The fourth-order valence-electron chi connectivity index (χ4n) is 3.61. The molecule has 0 aliphatic rings. The molecule has 4 nitrogen and oxygen atoms in total. The molecule has 9 heteroatoms. The second-order valence-electron chi connectivity index (χ2n) is 7.75. The summed E-state index contributed by atoms with van der Waals surface area (Å²) in [6, 6.07) is 16.7. The van der Waals surface area contributed by atoms with E-state index in [1.807, 2.05) is 0 Å². The van der Waals surface area contributed by atoms with Crippen LogP contribution in [0.3, 0.4) is 0 Å². The van der Waals surface area contributed by atoms with E-state index in [-0.39, 0.29) is 34.9 Å². The minimum Gasteiger partial charge on any atom is -0.489 e. The van der Waals surface area contributed by atoms with Gasteiger partial charge >= 0.3 is 12.1 Å². The maximum atomic E-state index is 13.4. The Labute approximate surface area is 203 Å². The summed E-state index contributed by atoms with van der Waals surface area (Å²) in [5, 5.41) is 9.44. The smallest absolute Gasteiger partial charge is 0.416 e. The number of rotatable bonds is 7. The highest BCUT2D eigenvalue weighted by molar-refractivity contribution is 6.33. The highest BCUT2D eigenvalue weighted by atomic mass is 35.5. The van der Waals surface area contributed by atoms with Gasteiger partial charge in [0.1, 0.15) is 18.2 Å². The third-order valence-corrected chi connectivity index (χ3v) is 5.69. The monoisotopic (exact) mass is 503 g/mol. The largest absolute Gasteiger partial charge is 0.489 e. The van der Waals surface area contributed by atoms with Gasteiger partial charge in [-0.25, -0.2) is 9.18 Å². The molecule has 4 rings (SSSR count). The average molecular weight is 504 g/mol. The Kier molecular flexibility index (Phi) is 6.84. The molecule has 0 atom stereocenters. The number of aromatic carboxylic acids is 1. The first-order chi connectivity index (χ1) is 16.6. The highest BCUT2D eigenvalue weighted by Crippen LogP contribution is 2.34. The topological polar surface area (TPSA) is 51.5 Å². The summed E-state index contributed by atoms with van der Waals surface area (Å²) in [5.41, 5.74) is 1.13. The standard InChI is InChI=1S/C26H18ClF4NO3/c27-23-9-8-21(14-22(23)25(33)34)32-11-1-2-20(32)13-17-12-18(26(29,30)31)5-10-24(17)35-15-16-3-6-19(28)7-4-16/h1-12,14H,13,15H2,(H,33,34). The third-order valence-electron chi connectivity index (χ3n) is 5.36. The Balaban J connectivity index is 1.68. The number of hydrogen-bond donors (Lipinski definition) is 1. The minimum absolute atomic E-state index is 0.0405. The van der Waals surface area contributed by atoms with Crippen molar-refractivity contribution in [3.8, 4) is 11.4 Å². The van der Waals surface area contributed by atoms with Crippen molar-refractivity contribution in [1.82, 2.24) is 4.57 Å². The van der Waals surface area contributed by atoms with Gasteiger partial charge in [-0.15, -0.1) is 0 Å². The van der Waals surface area contributed by atoms with E-state index in [4.69, 9.17) is 16.3 Å². The number of carboxylic acids is 1. The van der Waals surface area contributed by atoms with Gasteiger partial charge in [0.25, 0.3) is 0 Å². The van der Waals surface area contributed by atoms with E-state index >= 15 is 0 Å². The van der Waals surface area contributed by atoms with Gasteiger partial charge in [0, 0.05) is 29.6 Å². The van der Waals surface area contributed by atoms with E-state index in [1.165, 1.54) is 42.5 Å². The number of nitrogens with zero attached hydrogens (tertiary/aromatic N) is 1. The van der Waals surface area contributed by atoms with Gasteiger partial charge in [0.2, 0.25) is 0 Å². The van der Waals surface area contributed by atoms with Crippen LogP contribution >= 0.6 is 11.6 Å². The van der Waals surface area contributed by atoms with Crippen LogP contribution in [0.15, 0.2) is 79.0 Å². The molecule has 0 spiro atoms. The van der Waals surface area contributed by atoms with Crippen LogP contribution in [0, 0.1) is 5.82 Å². The molecule has 1 aromatic heterocycles. The molecule has 0 radical (unpaired) electrons. The Morgan fingerprint density at radius 1 is 1.00 bits per heavy atom. The summed E-state index contributed by atoms with van der Waals surface area (Å²) in [7, 11) is 0. The van der Waals surface area contributed by atoms with Crippen LogP contribution in [-0.2, 0) is 19.2 Å². The number of carboxylic acid groups (broad SMARTS) is 1. The number of carbonyl (C=O) groups is 1. The van der Waals surface area contributed by atoms with Crippen molar-refractivity contribution in [2.75, 3.05) is 0 Å². The van der Waals surface area contributed by atoms with Crippen LogP contribution in [-0.4, -0.2) is 15.6 Å². The molecule has 0 aliphatic carbocycles. The second-order valence-corrected chi connectivity index (χ2v) is 8.16. The molecule has 0 aliphatic heterocycles. The second kappa shape index (κ2) is 9.84. The van der Waals surface area contributed by atoms with Gasteiger partial charge in [0.15, 0.2) is 0 Å². The molecular weight excluding hydrogens is 486 g/mol. The molecule has 0 amide bonds. The lowest BCUT2D eigenvalue weighted by atomic mass is 10.0. The molecule has 1 N–H and O–H groups in total. The molecule has 0 bridgehead atoms. The summed E-state index contributed by atoms with van der Waals surface area (Å²) in [6.45, 7) is 0.0405. The van der Waals surface area contributed by atoms with Crippen molar-refractivity contribution in [3.63, 3.8) is 0 Å². The van der Waals surface area contributed by atoms with Gasteiger partial charge in [0.05, 0.1) is 16.1 Å². The molecule has 1 heterocycles. The summed E-state index contributed by atoms with van der Waals surface area (Å²) >= 11 is 5.96. The van der Waals surface area contributed by atoms with Crippen LogP contribution in [0.5, 0.6) is 5.75 Å². The summed E-state index contributed by atoms with van der Waals surface area (Å²) in [6.07, 6.45) is -2.80. The fourth-order valence-corrected chi connectivity index (χ4v) is 3.81. The highest BCUT2D eigenvalue weighted by Gasteiger charge is 2.31. The number of hydrogen-bond acceptors (Lipinski definition) is 2. The summed E-state index contributed by atoms with van der Waals surface area (Å²) in [5.74, 6) is -1.35. The average Bonchev–Trinajstić information content (AvgIpc) is 3.27. The summed E-state index contributed by atoms with van der Waals surface area (Å²) < 4.78 is 60.9. The first-order valence-electron chi connectivity index (χ1n) is 10.4. The fraction of sp³-hybridized carbons (Fsp3) is 0.115. The minimum atomic E-state index is -4.54. The van der Waals surface area contributed by atoms with Crippen molar-refractivity contribution in [2.45, 2.75) is 19.2 Å². The zero-order valence-corrected chi connectivity index (χ0v) is 18.8. The lowest BCUT2D eigenvalue weighted by Gasteiger charge is -2.16. The maximum absolute atomic E-state index is 13.4. The lowest BCUT2D eigenvalue weighted by Crippen LogP contribution is -2.08. The van der Waals surface area contributed by atoms with E-state index < -0.39 is 23.5 Å². The van der Waals surface area contributed by atoms with Gasteiger partial charge in [-0.3, -0.25) is 0 Å². The SMILES string of the molecule is O=C(O)c1cc(-n2cccc2Cc2cc(C(F)(F)F)ccc2OCc2ccc(F)cc2)ccc1Cl. The van der Waals surface area contributed by atoms with E-state index in [1.54, 1.807) is 29.0 Å². The molecular formula is C26H18ClF4NO3. The number of aromatic nitrogens is 1. The Morgan fingerprint density at radius 2 is 1.74 bits per heavy atom. The molecule has 0 fully saturated rings. The van der Waals surface area contributed by atoms with Crippen molar-refractivity contribution < 1.29 is 32.2 Å². The Hall–Kier alpha value is -3.78. The molecule has 0 saturated heterocycles. The van der Waals surface area contributed by atoms with E-state index in [2.05, 4.69) is 0 Å². The maximum Gasteiger partial charge on any atom is 0.416 e. The summed E-state index contributed by atoms with van der Waals surface area (Å²) in [4.78, 5) is 11.5. The Morgan fingerprint density at radius 3 is 2.43 bits per heavy atom. The number of benzene rings is 3. The molecule has 35 heavy (non-hydrogen) atoms.